The van der Waals surface area contributed by atoms with Crippen molar-refractivity contribution in [3.8, 4) is 0 Å². The van der Waals surface area contributed by atoms with Crippen LogP contribution in [0.1, 0.15) is 37.9 Å². The van der Waals surface area contributed by atoms with Gasteiger partial charge < -0.3 is 9.64 Å². The Labute approximate surface area is 116 Å². The van der Waals surface area contributed by atoms with Crippen LogP contribution in [0, 0.1) is 0 Å². The van der Waals surface area contributed by atoms with Crippen molar-refractivity contribution in [3.63, 3.8) is 0 Å². The minimum Gasteiger partial charge on any atom is -0.375 e. The number of nitrogens with zero attached hydrogens (tertiary/aromatic N) is 2. The van der Waals surface area contributed by atoms with Gasteiger partial charge in [-0.25, -0.2) is 4.98 Å². The second-order valence-corrected chi connectivity index (χ2v) is 5.38. The summed E-state index contributed by atoms with van der Waals surface area (Å²) >= 11 is 0. The zero-order valence-corrected chi connectivity index (χ0v) is 11.9. The van der Waals surface area contributed by atoms with Gasteiger partial charge in [-0.3, -0.25) is 0 Å². The van der Waals surface area contributed by atoms with Gasteiger partial charge in [-0.2, -0.15) is 13.2 Å². The van der Waals surface area contributed by atoms with Crippen LogP contribution < -0.4 is 4.90 Å². The van der Waals surface area contributed by atoms with E-state index >= 15 is 0 Å². The number of rotatable bonds is 2. The third-order valence-electron chi connectivity index (χ3n) is 3.33. The zero-order chi connectivity index (χ0) is 14.9. The molecular weight excluding hydrogens is 269 g/mol. The Morgan fingerprint density at radius 2 is 2.05 bits per heavy atom. The summed E-state index contributed by atoms with van der Waals surface area (Å²) in [7, 11) is 0. The van der Waals surface area contributed by atoms with Crippen LogP contribution in [0.2, 0.25) is 0 Å². The van der Waals surface area contributed by atoms with Gasteiger partial charge in [0, 0.05) is 13.1 Å². The van der Waals surface area contributed by atoms with Gasteiger partial charge in [-0.15, -0.1) is 0 Å². The first-order valence-corrected chi connectivity index (χ1v) is 6.73. The Bertz CT molecular complexity index is 474. The highest BCUT2D eigenvalue weighted by molar-refractivity contribution is 5.44. The number of aromatic nitrogens is 1. The van der Waals surface area contributed by atoms with Gasteiger partial charge >= 0.3 is 6.18 Å². The maximum absolute atomic E-state index is 13.0. The van der Waals surface area contributed by atoms with Crippen molar-refractivity contribution in [1.29, 1.82) is 0 Å². The number of halogens is 3. The molecule has 0 amide bonds. The average molecular weight is 288 g/mol. The zero-order valence-electron chi connectivity index (χ0n) is 11.9. The molecule has 1 unspecified atom stereocenters. The topological polar surface area (TPSA) is 25.4 Å². The smallest absolute Gasteiger partial charge is 0.375 e. The van der Waals surface area contributed by atoms with Crippen molar-refractivity contribution in [2.45, 2.75) is 39.0 Å². The minimum atomic E-state index is -4.36. The predicted octanol–water partition coefficient (Wildman–Crippen LogP) is 3.45. The lowest BCUT2D eigenvalue weighted by atomic mass is 10.0. The lowest BCUT2D eigenvalue weighted by molar-refractivity contribution is -0.138. The van der Waals surface area contributed by atoms with Crippen LogP contribution in [-0.4, -0.2) is 30.8 Å². The van der Waals surface area contributed by atoms with E-state index in [1.807, 2.05) is 11.8 Å². The molecule has 1 aliphatic rings. The summed E-state index contributed by atoms with van der Waals surface area (Å²) in [6.07, 6.45) is -4.29. The van der Waals surface area contributed by atoms with Crippen molar-refractivity contribution in [2.24, 2.45) is 0 Å². The Morgan fingerprint density at radius 3 is 2.60 bits per heavy atom. The largest absolute Gasteiger partial charge is 0.418 e. The van der Waals surface area contributed by atoms with Gasteiger partial charge in [0.05, 0.1) is 24.0 Å². The van der Waals surface area contributed by atoms with E-state index in [0.717, 1.165) is 6.07 Å². The number of morpholine rings is 1. The lowest BCUT2D eigenvalue weighted by Crippen LogP contribution is -2.41. The number of alkyl halides is 3. The molecule has 1 aromatic heterocycles. The van der Waals surface area contributed by atoms with Gasteiger partial charge in [0.2, 0.25) is 0 Å². The van der Waals surface area contributed by atoms with Crippen LogP contribution >= 0.6 is 0 Å². The third-order valence-corrected chi connectivity index (χ3v) is 3.33. The molecule has 6 heteroatoms. The molecule has 0 saturated carbocycles. The highest BCUT2D eigenvalue weighted by atomic mass is 19.4. The molecule has 0 aliphatic carbocycles. The number of hydrogen-bond acceptors (Lipinski definition) is 3. The fraction of sp³-hybridized carbons (Fsp3) is 0.643. The number of anilines is 1. The lowest BCUT2D eigenvalue weighted by Gasteiger charge is -2.32. The average Bonchev–Trinajstić information content (AvgIpc) is 2.37. The fourth-order valence-corrected chi connectivity index (χ4v) is 2.35. The maximum Gasteiger partial charge on any atom is 0.418 e. The van der Waals surface area contributed by atoms with E-state index in [1.165, 1.54) is 6.07 Å². The third kappa shape index (κ3) is 3.23. The van der Waals surface area contributed by atoms with Crippen LogP contribution in [-0.2, 0) is 10.9 Å². The number of hydrogen-bond donors (Lipinski definition) is 0. The summed E-state index contributed by atoms with van der Waals surface area (Å²) in [5, 5.41) is 0. The molecule has 1 atom stereocenters. The van der Waals surface area contributed by atoms with Crippen molar-refractivity contribution >= 4 is 5.82 Å². The van der Waals surface area contributed by atoms with Crippen LogP contribution in [0.5, 0.6) is 0 Å². The van der Waals surface area contributed by atoms with Gasteiger partial charge in [0.25, 0.3) is 0 Å². The van der Waals surface area contributed by atoms with Crippen LogP contribution in [0.4, 0.5) is 19.0 Å². The maximum atomic E-state index is 13.0. The molecule has 3 nitrogen and oxygen atoms in total. The van der Waals surface area contributed by atoms with E-state index in [2.05, 4.69) is 4.98 Å². The molecule has 1 aromatic rings. The molecule has 0 bridgehead atoms. The van der Waals surface area contributed by atoms with Crippen LogP contribution in [0.15, 0.2) is 12.1 Å². The Kier molecular flexibility index (Phi) is 4.22. The number of pyridine rings is 1. The first kappa shape index (κ1) is 15.1. The molecule has 1 fully saturated rings. The van der Waals surface area contributed by atoms with E-state index in [-0.39, 0.29) is 17.7 Å². The highest BCUT2D eigenvalue weighted by Crippen LogP contribution is 2.35. The molecule has 0 radical (unpaired) electrons. The van der Waals surface area contributed by atoms with Crippen molar-refractivity contribution < 1.29 is 17.9 Å². The molecule has 0 N–H and O–H groups in total. The summed E-state index contributed by atoms with van der Waals surface area (Å²) in [6.45, 7) is 7.27. The molecular formula is C14H19F3N2O. The summed E-state index contributed by atoms with van der Waals surface area (Å²) in [5.74, 6) is 0.321. The SMILES string of the molecule is CC1CN(c2ccc(C(F)(F)F)c(C(C)C)n2)CCO1. The monoisotopic (exact) mass is 288 g/mol. The molecule has 0 spiro atoms. The van der Waals surface area contributed by atoms with E-state index in [0.29, 0.717) is 25.5 Å². The van der Waals surface area contributed by atoms with E-state index in [4.69, 9.17) is 4.74 Å². The van der Waals surface area contributed by atoms with Gasteiger partial charge in [0.1, 0.15) is 5.82 Å². The quantitative estimate of drug-likeness (QED) is 0.833. The first-order chi connectivity index (χ1) is 9.29. The Balaban J connectivity index is 2.35. The molecule has 20 heavy (non-hydrogen) atoms. The van der Waals surface area contributed by atoms with Crippen LogP contribution in [0.3, 0.4) is 0 Å². The predicted molar refractivity (Wildman–Crippen MR) is 71.0 cm³/mol. The molecule has 2 rings (SSSR count). The Morgan fingerprint density at radius 1 is 1.35 bits per heavy atom. The molecule has 0 aromatic carbocycles. The molecule has 112 valence electrons. The van der Waals surface area contributed by atoms with Gasteiger partial charge in [-0.05, 0) is 25.0 Å². The molecule has 1 saturated heterocycles. The van der Waals surface area contributed by atoms with E-state index < -0.39 is 11.7 Å². The standard InChI is InChI=1S/C14H19F3N2O/c1-9(2)13-11(14(15,16)17)4-5-12(18-13)19-6-7-20-10(3)8-19/h4-5,9-10H,6-8H2,1-3H3. The van der Waals surface area contributed by atoms with Crippen LogP contribution in [0.25, 0.3) is 0 Å². The fourth-order valence-electron chi connectivity index (χ4n) is 2.35. The van der Waals surface area contributed by atoms with Crippen molar-refractivity contribution in [1.82, 2.24) is 4.98 Å². The van der Waals surface area contributed by atoms with Crippen molar-refractivity contribution in [2.75, 3.05) is 24.6 Å². The summed E-state index contributed by atoms with van der Waals surface area (Å²) in [6, 6.07) is 2.59. The second kappa shape index (κ2) is 5.60. The molecule has 1 aliphatic heterocycles. The van der Waals surface area contributed by atoms with Crippen molar-refractivity contribution in [3.05, 3.63) is 23.4 Å². The summed E-state index contributed by atoms with van der Waals surface area (Å²) in [5.41, 5.74) is -0.535. The van der Waals surface area contributed by atoms with E-state index in [9.17, 15) is 13.2 Å². The first-order valence-electron chi connectivity index (χ1n) is 6.73. The highest BCUT2D eigenvalue weighted by Gasteiger charge is 2.35. The minimum absolute atomic E-state index is 0.0651. The summed E-state index contributed by atoms with van der Waals surface area (Å²) in [4.78, 5) is 6.22. The normalized spacial score (nSPS) is 20.6. The van der Waals surface area contributed by atoms with E-state index in [1.54, 1.807) is 13.8 Å². The van der Waals surface area contributed by atoms with Gasteiger partial charge in [0.15, 0.2) is 0 Å². The molecule has 2 heterocycles. The Hall–Kier alpha value is -1.30. The number of ether oxygens (including phenoxy) is 1. The van der Waals surface area contributed by atoms with Gasteiger partial charge in [-0.1, -0.05) is 13.8 Å². The second-order valence-electron chi connectivity index (χ2n) is 5.38. The summed E-state index contributed by atoms with van der Waals surface area (Å²) < 4.78 is 44.3.